The van der Waals surface area contributed by atoms with Crippen molar-refractivity contribution in [2.45, 2.75) is 27.3 Å². The van der Waals surface area contributed by atoms with E-state index >= 15 is 0 Å². The van der Waals surface area contributed by atoms with Crippen LogP contribution >= 0.6 is 0 Å². The van der Waals surface area contributed by atoms with Gasteiger partial charge in [0.05, 0.1) is 25.4 Å². The molecule has 4 heteroatoms. The summed E-state index contributed by atoms with van der Waals surface area (Å²) in [6.07, 6.45) is 0. The minimum Gasteiger partial charge on any atom is -0.319 e. The van der Waals surface area contributed by atoms with Gasteiger partial charge in [0.25, 0.3) is 0 Å². The van der Waals surface area contributed by atoms with Gasteiger partial charge in [0.15, 0.2) is 9.84 Å². The molecular formula is C15H26NO2S+. The summed E-state index contributed by atoms with van der Waals surface area (Å²) < 4.78 is 24.3. The molecule has 0 amide bonds. The van der Waals surface area contributed by atoms with E-state index in [0.717, 1.165) is 24.1 Å². The summed E-state index contributed by atoms with van der Waals surface area (Å²) in [5.74, 6) is 0.532. The van der Waals surface area contributed by atoms with Gasteiger partial charge in [-0.05, 0) is 13.8 Å². The molecule has 0 saturated heterocycles. The quantitative estimate of drug-likeness (QED) is 0.687. The predicted octanol–water partition coefficient (Wildman–Crippen LogP) is 2.48. The first kappa shape index (κ1) is 16.2. The highest BCUT2D eigenvalue weighted by atomic mass is 32.2. The molecule has 1 aromatic carbocycles. The lowest BCUT2D eigenvalue weighted by Gasteiger charge is -2.37. The summed E-state index contributed by atoms with van der Waals surface area (Å²) in [6, 6.07) is 10.3. The van der Waals surface area contributed by atoms with Crippen LogP contribution in [0.15, 0.2) is 30.3 Å². The summed E-state index contributed by atoms with van der Waals surface area (Å²) >= 11 is 0. The fourth-order valence-electron chi connectivity index (χ4n) is 2.29. The molecule has 108 valence electrons. The van der Waals surface area contributed by atoms with Crippen molar-refractivity contribution in [2.75, 3.05) is 31.1 Å². The summed E-state index contributed by atoms with van der Waals surface area (Å²) in [5.41, 5.74) is 1.28. The average Bonchev–Trinajstić information content (AvgIpc) is 2.45. The lowest BCUT2D eigenvalue weighted by atomic mass is 10.2. The number of rotatable bonds is 8. The third-order valence-electron chi connectivity index (χ3n) is 4.02. The first-order valence-electron chi connectivity index (χ1n) is 7.06. The Hall–Kier alpha value is -0.870. The molecule has 0 spiro atoms. The van der Waals surface area contributed by atoms with Gasteiger partial charge in [-0.15, -0.1) is 0 Å². The Bertz CT molecular complexity index is 464. The van der Waals surface area contributed by atoms with Gasteiger partial charge in [0.1, 0.15) is 6.54 Å². The van der Waals surface area contributed by atoms with Crippen LogP contribution in [-0.4, -0.2) is 44.0 Å². The number of sulfone groups is 1. The van der Waals surface area contributed by atoms with E-state index in [1.165, 1.54) is 5.56 Å². The minimum absolute atomic E-state index is 0.242. The minimum atomic E-state index is -2.88. The molecule has 0 aliphatic rings. The van der Waals surface area contributed by atoms with Gasteiger partial charge >= 0.3 is 0 Å². The van der Waals surface area contributed by atoms with Gasteiger partial charge in [0, 0.05) is 11.3 Å². The van der Waals surface area contributed by atoms with Crippen LogP contribution in [0, 0.1) is 0 Å². The van der Waals surface area contributed by atoms with Crippen molar-refractivity contribution in [3.8, 4) is 0 Å². The molecule has 0 saturated carbocycles. The van der Waals surface area contributed by atoms with Crippen LogP contribution in [0.25, 0.3) is 0 Å². The summed E-state index contributed by atoms with van der Waals surface area (Å²) in [5, 5.41) is 0. The average molecular weight is 284 g/mol. The van der Waals surface area contributed by atoms with Crippen LogP contribution in [0.5, 0.6) is 0 Å². The second kappa shape index (κ2) is 7.06. The second-order valence-corrected chi connectivity index (χ2v) is 7.55. The molecule has 1 aromatic rings. The van der Waals surface area contributed by atoms with E-state index in [2.05, 4.69) is 26.0 Å². The standard InChI is InChI=1S/C15H26NO2S/c1-4-16(5-2,12-13-19(17,18)6-3)14-15-10-8-7-9-11-15/h7-11H,4-6,12-14H2,1-3H3/q+1. The van der Waals surface area contributed by atoms with Crippen molar-refractivity contribution in [3.05, 3.63) is 35.9 Å². The molecule has 0 aliphatic heterocycles. The Labute approximate surface area is 117 Å². The smallest absolute Gasteiger partial charge is 0.155 e. The molecule has 0 atom stereocenters. The van der Waals surface area contributed by atoms with Crippen molar-refractivity contribution >= 4 is 9.84 Å². The Morgan fingerprint density at radius 1 is 1.00 bits per heavy atom. The van der Waals surface area contributed by atoms with Crippen molar-refractivity contribution in [1.82, 2.24) is 0 Å². The Morgan fingerprint density at radius 3 is 2.05 bits per heavy atom. The molecule has 0 aliphatic carbocycles. The van der Waals surface area contributed by atoms with E-state index in [0.29, 0.717) is 6.54 Å². The zero-order valence-corrected chi connectivity index (χ0v) is 13.1. The van der Waals surface area contributed by atoms with Crippen molar-refractivity contribution < 1.29 is 12.9 Å². The molecule has 1 rings (SSSR count). The van der Waals surface area contributed by atoms with Crippen LogP contribution < -0.4 is 0 Å². The van der Waals surface area contributed by atoms with Gasteiger partial charge in [-0.2, -0.15) is 0 Å². The molecular weight excluding hydrogens is 258 g/mol. The predicted molar refractivity (Wildman–Crippen MR) is 80.7 cm³/mol. The van der Waals surface area contributed by atoms with E-state index in [9.17, 15) is 8.42 Å². The van der Waals surface area contributed by atoms with E-state index in [1.807, 2.05) is 18.2 Å². The molecule has 0 bridgehead atoms. The first-order valence-corrected chi connectivity index (χ1v) is 8.88. The Morgan fingerprint density at radius 2 is 1.58 bits per heavy atom. The molecule has 0 fully saturated rings. The number of hydrogen-bond donors (Lipinski definition) is 0. The normalized spacial score (nSPS) is 12.6. The number of benzene rings is 1. The molecule has 0 N–H and O–H groups in total. The third-order valence-corrected chi connectivity index (χ3v) is 5.70. The fraction of sp³-hybridized carbons (Fsp3) is 0.600. The largest absolute Gasteiger partial charge is 0.319 e. The zero-order chi connectivity index (χ0) is 14.4. The SMILES string of the molecule is CC[N+](CC)(CCS(=O)(=O)CC)Cc1ccccc1. The highest BCUT2D eigenvalue weighted by Crippen LogP contribution is 2.15. The fourth-order valence-corrected chi connectivity index (χ4v) is 3.24. The van der Waals surface area contributed by atoms with E-state index in [1.54, 1.807) is 6.92 Å². The van der Waals surface area contributed by atoms with Crippen LogP contribution in [0.2, 0.25) is 0 Å². The van der Waals surface area contributed by atoms with E-state index < -0.39 is 9.84 Å². The van der Waals surface area contributed by atoms with E-state index in [-0.39, 0.29) is 11.5 Å². The zero-order valence-electron chi connectivity index (χ0n) is 12.3. The topological polar surface area (TPSA) is 34.1 Å². The van der Waals surface area contributed by atoms with Crippen LogP contribution in [-0.2, 0) is 16.4 Å². The van der Waals surface area contributed by atoms with Gasteiger partial charge in [0.2, 0.25) is 0 Å². The van der Waals surface area contributed by atoms with Crippen molar-refractivity contribution in [1.29, 1.82) is 0 Å². The highest BCUT2D eigenvalue weighted by molar-refractivity contribution is 7.91. The summed E-state index contributed by atoms with van der Waals surface area (Å²) in [6.45, 7) is 9.55. The van der Waals surface area contributed by atoms with Gasteiger partial charge in [-0.3, -0.25) is 0 Å². The Kier molecular flexibility index (Phi) is 6.01. The van der Waals surface area contributed by atoms with Crippen LogP contribution in [0.4, 0.5) is 0 Å². The summed E-state index contributed by atoms with van der Waals surface area (Å²) in [4.78, 5) is 0. The second-order valence-electron chi connectivity index (χ2n) is 5.08. The molecule has 0 radical (unpaired) electrons. The maximum absolute atomic E-state index is 11.7. The maximum Gasteiger partial charge on any atom is 0.155 e. The number of nitrogens with zero attached hydrogens (tertiary/aromatic N) is 1. The lowest BCUT2D eigenvalue weighted by molar-refractivity contribution is -0.935. The van der Waals surface area contributed by atoms with Crippen LogP contribution in [0.1, 0.15) is 26.3 Å². The Balaban J connectivity index is 2.80. The maximum atomic E-state index is 11.7. The first-order chi connectivity index (χ1) is 8.97. The third kappa shape index (κ3) is 4.96. The van der Waals surface area contributed by atoms with E-state index in [4.69, 9.17) is 0 Å². The van der Waals surface area contributed by atoms with Crippen molar-refractivity contribution in [2.24, 2.45) is 0 Å². The highest BCUT2D eigenvalue weighted by Gasteiger charge is 2.26. The van der Waals surface area contributed by atoms with Crippen LogP contribution in [0.3, 0.4) is 0 Å². The van der Waals surface area contributed by atoms with Gasteiger partial charge < -0.3 is 4.48 Å². The number of quaternary nitrogens is 1. The molecule has 0 heterocycles. The monoisotopic (exact) mass is 284 g/mol. The van der Waals surface area contributed by atoms with Gasteiger partial charge in [-0.25, -0.2) is 8.42 Å². The molecule has 0 aromatic heterocycles. The number of hydrogen-bond acceptors (Lipinski definition) is 2. The van der Waals surface area contributed by atoms with Crippen molar-refractivity contribution in [3.63, 3.8) is 0 Å². The lowest BCUT2D eigenvalue weighted by Crippen LogP contribution is -2.49. The molecule has 0 unspecified atom stereocenters. The summed E-state index contributed by atoms with van der Waals surface area (Å²) in [7, 11) is -2.88. The van der Waals surface area contributed by atoms with Gasteiger partial charge in [-0.1, -0.05) is 37.3 Å². The molecule has 3 nitrogen and oxygen atoms in total. The molecule has 19 heavy (non-hydrogen) atoms.